The number of hydrogen-bond donors (Lipinski definition) is 1. The van der Waals surface area contributed by atoms with Crippen molar-refractivity contribution in [3.63, 3.8) is 0 Å². The number of aryl methyl sites for hydroxylation is 1. The summed E-state index contributed by atoms with van der Waals surface area (Å²) < 4.78 is 0. The third-order valence-electron chi connectivity index (χ3n) is 2.32. The monoisotopic (exact) mass is 149 g/mol. The Kier molecular flexibility index (Phi) is 2.18. The van der Waals surface area contributed by atoms with Gasteiger partial charge in [0.2, 0.25) is 0 Å². The summed E-state index contributed by atoms with van der Waals surface area (Å²) in [5, 5.41) is 0. The van der Waals surface area contributed by atoms with Gasteiger partial charge in [-0.15, -0.1) is 0 Å². The molecule has 2 N–H and O–H groups in total. The molecule has 11 heavy (non-hydrogen) atoms. The van der Waals surface area contributed by atoms with Crippen molar-refractivity contribution >= 4 is 5.69 Å². The summed E-state index contributed by atoms with van der Waals surface area (Å²) in [4.78, 5) is 0. The molecule has 0 aliphatic rings. The molecule has 0 heterocycles. The largest absolute Gasteiger partial charge is 0.399 e. The lowest BCUT2D eigenvalue weighted by Crippen LogP contribution is -1.95. The molecule has 0 bridgehead atoms. The van der Waals surface area contributed by atoms with E-state index in [9.17, 15) is 0 Å². The number of nitrogen functional groups attached to an aromatic ring is 1. The zero-order valence-corrected chi connectivity index (χ0v) is 7.44. The Morgan fingerprint density at radius 3 is 2.36 bits per heavy atom. The molecule has 0 aliphatic heterocycles. The minimum Gasteiger partial charge on any atom is -0.399 e. The second-order valence-corrected chi connectivity index (χ2v) is 2.92. The van der Waals surface area contributed by atoms with Gasteiger partial charge in [0.05, 0.1) is 0 Å². The predicted molar refractivity (Wildman–Crippen MR) is 49.7 cm³/mol. The summed E-state index contributed by atoms with van der Waals surface area (Å²) in [5.41, 5.74) is 10.6. The van der Waals surface area contributed by atoms with Gasteiger partial charge < -0.3 is 5.73 Å². The van der Waals surface area contributed by atoms with Gasteiger partial charge in [-0.1, -0.05) is 13.0 Å². The van der Waals surface area contributed by atoms with Gasteiger partial charge in [0.1, 0.15) is 0 Å². The third-order valence-corrected chi connectivity index (χ3v) is 2.32. The average molecular weight is 149 g/mol. The minimum absolute atomic E-state index is 0.903. The molecular formula is C10H15N. The van der Waals surface area contributed by atoms with Gasteiger partial charge in [-0.3, -0.25) is 0 Å². The van der Waals surface area contributed by atoms with Gasteiger partial charge in [0, 0.05) is 5.69 Å². The van der Waals surface area contributed by atoms with Crippen LogP contribution in [-0.2, 0) is 6.42 Å². The Hall–Kier alpha value is -0.980. The lowest BCUT2D eigenvalue weighted by molar-refractivity contribution is 1.10. The summed E-state index contributed by atoms with van der Waals surface area (Å²) >= 11 is 0. The fourth-order valence-electron chi connectivity index (χ4n) is 1.28. The fourth-order valence-corrected chi connectivity index (χ4v) is 1.28. The van der Waals surface area contributed by atoms with Crippen molar-refractivity contribution in [2.24, 2.45) is 0 Å². The van der Waals surface area contributed by atoms with Gasteiger partial charge in [0.25, 0.3) is 0 Å². The predicted octanol–water partition coefficient (Wildman–Crippen LogP) is 2.45. The van der Waals surface area contributed by atoms with E-state index in [0.29, 0.717) is 0 Å². The quantitative estimate of drug-likeness (QED) is 0.610. The topological polar surface area (TPSA) is 26.0 Å². The van der Waals surface area contributed by atoms with Crippen LogP contribution in [0.25, 0.3) is 0 Å². The highest BCUT2D eigenvalue weighted by molar-refractivity contribution is 5.52. The van der Waals surface area contributed by atoms with Crippen LogP contribution in [0, 0.1) is 13.8 Å². The van der Waals surface area contributed by atoms with Crippen LogP contribution >= 0.6 is 0 Å². The molecule has 0 saturated heterocycles. The van der Waals surface area contributed by atoms with Gasteiger partial charge in [-0.2, -0.15) is 0 Å². The first kappa shape index (κ1) is 8.12. The number of hydrogen-bond acceptors (Lipinski definition) is 1. The second kappa shape index (κ2) is 2.95. The summed E-state index contributed by atoms with van der Waals surface area (Å²) in [6.07, 6.45) is 1.09. The van der Waals surface area contributed by atoms with Crippen molar-refractivity contribution in [1.29, 1.82) is 0 Å². The first-order chi connectivity index (χ1) is 5.16. The first-order valence-electron chi connectivity index (χ1n) is 4.01. The van der Waals surface area contributed by atoms with E-state index in [1.54, 1.807) is 0 Å². The lowest BCUT2D eigenvalue weighted by Gasteiger charge is -2.08. The molecule has 0 aromatic heterocycles. The van der Waals surface area contributed by atoms with Crippen LogP contribution in [0.2, 0.25) is 0 Å². The number of nitrogens with two attached hydrogens (primary N) is 1. The van der Waals surface area contributed by atoms with Crippen molar-refractivity contribution in [1.82, 2.24) is 0 Å². The molecule has 0 spiro atoms. The molecule has 1 nitrogen and oxygen atoms in total. The van der Waals surface area contributed by atoms with Crippen LogP contribution in [0.15, 0.2) is 12.1 Å². The van der Waals surface area contributed by atoms with Crippen LogP contribution in [0.5, 0.6) is 0 Å². The highest BCUT2D eigenvalue weighted by Gasteiger charge is 2.00. The molecule has 0 unspecified atom stereocenters. The molecule has 1 aromatic rings. The fraction of sp³-hybridized carbons (Fsp3) is 0.400. The van der Waals surface area contributed by atoms with Crippen molar-refractivity contribution in [3.05, 3.63) is 28.8 Å². The smallest absolute Gasteiger partial charge is 0.0346 e. The van der Waals surface area contributed by atoms with Crippen LogP contribution < -0.4 is 5.73 Å². The SMILES string of the molecule is CCc1ccc(N)c(C)c1C. The lowest BCUT2D eigenvalue weighted by atomic mass is 10.0. The third kappa shape index (κ3) is 1.37. The van der Waals surface area contributed by atoms with Crippen molar-refractivity contribution in [3.8, 4) is 0 Å². The highest BCUT2D eigenvalue weighted by Crippen LogP contribution is 2.19. The molecule has 0 atom stereocenters. The second-order valence-electron chi connectivity index (χ2n) is 2.92. The average Bonchev–Trinajstić information content (AvgIpc) is 2.01. The Morgan fingerprint density at radius 1 is 1.18 bits per heavy atom. The summed E-state index contributed by atoms with van der Waals surface area (Å²) in [5.74, 6) is 0. The van der Waals surface area contributed by atoms with E-state index in [2.05, 4.69) is 26.8 Å². The van der Waals surface area contributed by atoms with Crippen molar-refractivity contribution in [2.45, 2.75) is 27.2 Å². The summed E-state index contributed by atoms with van der Waals surface area (Å²) in [6, 6.07) is 4.10. The molecule has 1 aromatic carbocycles. The molecule has 0 saturated carbocycles. The normalized spacial score (nSPS) is 10.1. The van der Waals surface area contributed by atoms with Gasteiger partial charge in [-0.05, 0) is 43.0 Å². The standard InChI is InChI=1S/C10H15N/c1-4-9-5-6-10(11)8(3)7(9)2/h5-6H,4,11H2,1-3H3. The summed E-state index contributed by atoms with van der Waals surface area (Å²) in [6.45, 7) is 6.37. The van der Waals surface area contributed by atoms with Crippen molar-refractivity contribution in [2.75, 3.05) is 5.73 Å². The Labute approximate surface area is 68.2 Å². The zero-order valence-electron chi connectivity index (χ0n) is 7.44. The molecule has 60 valence electrons. The van der Waals surface area contributed by atoms with E-state index in [-0.39, 0.29) is 0 Å². The van der Waals surface area contributed by atoms with Crippen LogP contribution in [-0.4, -0.2) is 0 Å². The van der Waals surface area contributed by atoms with Gasteiger partial charge in [-0.25, -0.2) is 0 Å². The van der Waals surface area contributed by atoms with Crippen LogP contribution in [0.3, 0.4) is 0 Å². The molecule has 0 fully saturated rings. The number of anilines is 1. The van der Waals surface area contributed by atoms with E-state index < -0.39 is 0 Å². The maximum Gasteiger partial charge on any atom is 0.0346 e. The number of rotatable bonds is 1. The first-order valence-corrected chi connectivity index (χ1v) is 4.01. The maximum atomic E-state index is 5.74. The molecule has 0 radical (unpaired) electrons. The summed E-state index contributed by atoms with van der Waals surface area (Å²) in [7, 11) is 0. The number of benzene rings is 1. The maximum absolute atomic E-state index is 5.74. The van der Waals surface area contributed by atoms with E-state index in [0.717, 1.165) is 12.1 Å². The van der Waals surface area contributed by atoms with Gasteiger partial charge >= 0.3 is 0 Å². The van der Waals surface area contributed by atoms with E-state index in [1.807, 2.05) is 6.07 Å². The Bertz CT molecular complexity index is 264. The van der Waals surface area contributed by atoms with E-state index >= 15 is 0 Å². The Morgan fingerprint density at radius 2 is 1.82 bits per heavy atom. The van der Waals surface area contributed by atoms with E-state index in [4.69, 9.17) is 5.73 Å². The van der Waals surface area contributed by atoms with Crippen LogP contribution in [0.4, 0.5) is 5.69 Å². The zero-order chi connectivity index (χ0) is 8.43. The Balaban J connectivity index is 3.25. The molecule has 0 amide bonds. The molecule has 1 rings (SSSR count). The highest BCUT2D eigenvalue weighted by atomic mass is 14.6. The molecule has 0 aliphatic carbocycles. The van der Waals surface area contributed by atoms with Gasteiger partial charge in [0.15, 0.2) is 0 Å². The van der Waals surface area contributed by atoms with Crippen molar-refractivity contribution < 1.29 is 0 Å². The van der Waals surface area contributed by atoms with Crippen LogP contribution in [0.1, 0.15) is 23.6 Å². The minimum atomic E-state index is 0.903. The molecule has 1 heteroatoms. The van der Waals surface area contributed by atoms with E-state index in [1.165, 1.54) is 16.7 Å². The molecular weight excluding hydrogens is 134 g/mol.